The van der Waals surface area contributed by atoms with Crippen LogP contribution < -0.4 is 0 Å². The largest absolute Gasteiger partial charge is 0.461 e. The molecule has 0 radical (unpaired) electrons. The molecule has 18 heavy (non-hydrogen) atoms. The second-order valence-corrected chi connectivity index (χ2v) is 4.50. The normalized spacial score (nSPS) is 14.3. The van der Waals surface area contributed by atoms with E-state index in [9.17, 15) is 9.90 Å². The summed E-state index contributed by atoms with van der Waals surface area (Å²) >= 11 is 0. The smallest absolute Gasteiger partial charge is 0.358 e. The van der Waals surface area contributed by atoms with E-state index in [-0.39, 0.29) is 5.69 Å². The predicted octanol–water partition coefficient (Wildman–Crippen LogP) is 2.16. The number of ether oxygens (including phenoxy) is 1. The van der Waals surface area contributed by atoms with Gasteiger partial charge in [-0.1, -0.05) is 13.8 Å². The van der Waals surface area contributed by atoms with Crippen molar-refractivity contribution in [2.75, 3.05) is 6.61 Å². The molecule has 0 saturated heterocycles. The molecule has 2 N–H and O–H groups in total. The lowest BCUT2D eigenvalue weighted by Gasteiger charge is -2.20. The lowest BCUT2D eigenvalue weighted by Crippen LogP contribution is -2.24. The number of carbonyl (C=O) groups excluding carboxylic acids is 1. The first kappa shape index (κ1) is 14.7. The van der Waals surface area contributed by atoms with Crippen molar-refractivity contribution in [3.8, 4) is 0 Å². The number of imidazole rings is 1. The molecule has 5 nitrogen and oxygen atoms in total. The number of H-pyrrole nitrogens is 1. The number of carbonyl (C=O) groups is 1. The summed E-state index contributed by atoms with van der Waals surface area (Å²) in [5.74, 6) is 0.226. The molecule has 0 aliphatic heterocycles. The van der Waals surface area contributed by atoms with Crippen LogP contribution >= 0.6 is 0 Å². The lowest BCUT2D eigenvalue weighted by molar-refractivity contribution is 0.0396. The van der Waals surface area contributed by atoms with Crippen molar-refractivity contribution in [2.45, 2.75) is 52.6 Å². The summed E-state index contributed by atoms with van der Waals surface area (Å²) in [7, 11) is 0. The number of nitrogens with one attached hydrogen (secondary N) is 1. The summed E-state index contributed by atoms with van der Waals surface area (Å²) in [5.41, 5.74) is -0.444. The molecule has 1 aromatic heterocycles. The first-order valence-corrected chi connectivity index (χ1v) is 6.45. The van der Waals surface area contributed by atoms with Crippen LogP contribution in [0.25, 0.3) is 0 Å². The third kappa shape index (κ3) is 3.10. The second-order valence-electron chi connectivity index (χ2n) is 4.50. The fourth-order valence-corrected chi connectivity index (χ4v) is 1.69. The minimum absolute atomic E-state index is 0.201. The summed E-state index contributed by atoms with van der Waals surface area (Å²) < 4.78 is 4.97. The fourth-order valence-electron chi connectivity index (χ4n) is 1.69. The molecular formula is C13H22N2O3. The van der Waals surface area contributed by atoms with Crippen LogP contribution in [0.3, 0.4) is 0 Å². The summed E-state index contributed by atoms with van der Waals surface area (Å²) in [5, 5.41) is 10.3. The second kappa shape index (κ2) is 6.00. The van der Waals surface area contributed by atoms with Gasteiger partial charge >= 0.3 is 5.97 Å². The van der Waals surface area contributed by atoms with Crippen molar-refractivity contribution in [3.05, 3.63) is 17.2 Å². The predicted molar refractivity (Wildman–Crippen MR) is 68.4 cm³/mol. The zero-order chi connectivity index (χ0) is 13.8. The van der Waals surface area contributed by atoms with Gasteiger partial charge in [0.05, 0.1) is 12.3 Å². The maximum Gasteiger partial charge on any atom is 0.358 e. The van der Waals surface area contributed by atoms with E-state index < -0.39 is 11.6 Å². The van der Waals surface area contributed by atoms with E-state index in [0.29, 0.717) is 24.5 Å². The van der Waals surface area contributed by atoms with Crippen molar-refractivity contribution in [1.82, 2.24) is 9.97 Å². The number of esters is 1. The maximum absolute atomic E-state index is 11.8. The highest BCUT2D eigenvalue weighted by molar-refractivity contribution is 5.89. The fraction of sp³-hybridized carbons (Fsp3) is 0.692. The topological polar surface area (TPSA) is 75.2 Å². The third-order valence-electron chi connectivity index (χ3n) is 2.94. The first-order valence-electron chi connectivity index (χ1n) is 6.45. The van der Waals surface area contributed by atoms with Crippen LogP contribution in [0.1, 0.15) is 62.5 Å². The Morgan fingerprint density at radius 1 is 1.44 bits per heavy atom. The number of hydrogen-bond acceptors (Lipinski definition) is 4. The highest BCUT2D eigenvalue weighted by Crippen LogP contribution is 2.26. The van der Waals surface area contributed by atoms with Crippen molar-refractivity contribution in [3.63, 3.8) is 0 Å². The Morgan fingerprint density at radius 2 is 2.11 bits per heavy atom. The molecule has 1 heterocycles. The van der Waals surface area contributed by atoms with E-state index in [1.807, 2.05) is 13.8 Å². The van der Waals surface area contributed by atoms with Crippen molar-refractivity contribution < 1.29 is 14.6 Å². The van der Waals surface area contributed by atoms with Gasteiger partial charge in [0.1, 0.15) is 11.4 Å². The summed E-state index contributed by atoms with van der Waals surface area (Å²) in [6.45, 7) is 7.59. The molecule has 0 aromatic carbocycles. The molecule has 0 unspecified atom stereocenters. The van der Waals surface area contributed by atoms with Crippen LogP contribution in [0.15, 0.2) is 0 Å². The minimum Gasteiger partial charge on any atom is -0.461 e. The monoisotopic (exact) mass is 254 g/mol. The number of aromatic nitrogens is 2. The van der Waals surface area contributed by atoms with E-state index in [1.165, 1.54) is 0 Å². The molecule has 0 saturated carbocycles. The van der Waals surface area contributed by atoms with Gasteiger partial charge in [-0.05, 0) is 26.7 Å². The number of hydrogen-bond donors (Lipinski definition) is 2. The Hall–Kier alpha value is -1.36. The van der Waals surface area contributed by atoms with Crippen LogP contribution in [0.2, 0.25) is 0 Å². The molecule has 0 amide bonds. The number of aryl methyl sites for hydroxylation is 1. The summed E-state index contributed by atoms with van der Waals surface area (Å²) in [4.78, 5) is 19.1. The highest BCUT2D eigenvalue weighted by atomic mass is 16.5. The van der Waals surface area contributed by atoms with E-state index in [2.05, 4.69) is 9.97 Å². The molecule has 5 heteroatoms. The molecule has 102 valence electrons. The zero-order valence-electron chi connectivity index (χ0n) is 11.5. The molecule has 0 bridgehead atoms. The lowest BCUT2D eigenvalue weighted by atomic mass is 9.97. The van der Waals surface area contributed by atoms with E-state index in [0.717, 1.165) is 12.8 Å². The van der Waals surface area contributed by atoms with Crippen LogP contribution in [-0.2, 0) is 16.8 Å². The van der Waals surface area contributed by atoms with Gasteiger partial charge < -0.3 is 14.8 Å². The van der Waals surface area contributed by atoms with Crippen LogP contribution in [0, 0.1) is 0 Å². The molecule has 1 rings (SSSR count). The van der Waals surface area contributed by atoms with Gasteiger partial charge in [-0.3, -0.25) is 0 Å². The molecule has 0 fully saturated rings. The summed E-state index contributed by atoms with van der Waals surface area (Å²) in [6.07, 6.45) is 2.16. The van der Waals surface area contributed by atoms with Crippen LogP contribution in [0.4, 0.5) is 0 Å². The van der Waals surface area contributed by atoms with E-state index >= 15 is 0 Å². The standard InChI is InChI=1S/C13H22N2O3/c1-5-8-9-14-10(12(16)18-7-3)11(15-9)13(4,17)6-2/h17H,5-8H2,1-4H3,(H,14,15)/t13-/m0/s1. The average Bonchev–Trinajstić information content (AvgIpc) is 2.75. The maximum atomic E-state index is 11.8. The van der Waals surface area contributed by atoms with Crippen molar-refractivity contribution in [2.24, 2.45) is 0 Å². The molecule has 1 atom stereocenters. The van der Waals surface area contributed by atoms with Crippen LogP contribution in [0.5, 0.6) is 0 Å². The Balaban J connectivity index is 3.16. The first-order chi connectivity index (χ1) is 8.46. The van der Waals surface area contributed by atoms with Gasteiger partial charge in [0.25, 0.3) is 0 Å². The molecule has 1 aromatic rings. The number of rotatable bonds is 6. The van der Waals surface area contributed by atoms with Gasteiger partial charge in [-0.15, -0.1) is 0 Å². The van der Waals surface area contributed by atoms with Crippen molar-refractivity contribution in [1.29, 1.82) is 0 Å². The van der Waals surface area contributed by atoms with E-state index in [4.69, 9.17) is 4.74 Å². The number of nitrogens with zero attached hydrogens (tertiary/aromatic N) is 1. The van der Waals surface area contributed by atoms with Gasteiger partial charge in [0.2, 0.25) is 0 Å². The van der Waals surface area contributed by atoms with Gasteiger partial charge in [-0.25, -0.2) is 9.78 Å². The quantitative estimate of drug-likeness (QED) is 0.763. The molecule has 0 spiro atoms. The van der Waals surface area contributed by atoms with Crippen molar-refractivity contribution >= 4 is 5.97 Å². The Kier molecular flexibility index (Phi) is 4.90. The minimum atomic E-state index is -1.10. The third-order valence-corrected chi connectivity index (χ3v) is 2.94. The number of aliphatic hydroxyl groups is 1. The Labute approximate surface area is 108 Å². The van der Waals surface area contributed by atoms with Gasteiger partial charge in [-0.2, -0.15) is 0 Å². The number of aromatic amines is 1. The zero-order valence-corrected chi connectivity index (χ0v) is 11.5. The SMILES string of the molecule is CCCc1nc(C(=O)OCC)c([C@@](C)(O)CC)[nH]1. The van der Waals surface area contributed by atoms with Gasteiger partial charge in [0.15, 0.2) is 5.69 Å². The van der Waals surface area contributed by atoms with Crippen LogP contribution in [-0.4, -0.2) is 27.7 Å². The van der Waals surface area contributed by atoms with E-state index in [1.54, 1.807) is 13.8 Å². The van der Waals surface area contributed by atoms with Gasteiger partial charge in [0, 0.05) is 6.42 Å². The molecule has 0 aliphatic carbocycles. The molecule has 0 aliphatic rings. The average molecular weight is 254 g/mol. The molecular weight excluding hydrogens is 232 g/mol. The Bertz CT molecular complexity index is 410. The highest BCUT2D eigenvalue weighted by Gasteiger charge is 2.31. The summed E-state index contributed by atoms with van der Waals surface area (Å²) in [6, 6.07) is 0. The Morgan fingerprint density at radius 3 is 2.61 bits per heavy atom.